The molecule has 0 aliphatic rings. The predicted molar refractivity (Wildman–Crippen MR) is 142 cm³/mol. The van der Waals surface area contributed by atoms with Gasteiger partial charge in [0.05, 0.1) is 15.7 Å². The summed E-state index contributed by atoms with van der Waals surface area (Å²) in [5.74, 6) is 1.28. The molecule has 2 N–H and O–H groups in total. The van der Waals surface area contributed by atoms with Crippen LogP contribution in [0.2, 0.25) is 10.0 Å². The number of benzene rings is 2. The molecule has 0 bridgehead atoms. The highest BCUT2D eigenvalue weighted by molar-refractivity contribution is 6.32. The monoisotopic (exact) mass is 523 g/mol. The van der Waals surface area contributed by atoms with E-state index in [1.165, 1.54) is 10.8 Å². The molecule has 5 aromatic rings. The molecule has 0 spiro atoms. The van der Waals surface area contributed by atoms with Crippen LogP contribution >= 0.6 is 23.2 Å². The Morgan fingerprint density at radius 1 is 1.08 bits per heavy atom. The SMILES string of the molecule is CC(C)NCCOc1ccc(Nc2ncc3c(=O)n(-c4ccccc4Cl)c4nccn4c3n2)cc1Cl. The van der Waals surface area contributed by atoms with Crippen molar-refractivity contribution in [3.63, 3.8) is 0 Å². The molecule has 3 heterocycles. The Kier molecular flexibility index (Phi) is 6.77. The van der Waals surface area contributed by atoms with Crippen molar-refractivity contribution in [1.82, 2.24) is 29.2 Å². The van der Waals surface area contributed by atoms with Gasteiger partial charge in [0.2, 0.25) is 11.7 Å². The normalized spacial score (nSPS) is 11.5. The Morgan fingerprint density at radius 2 is 1.92 bits per heavy atom. The van der Waals surface area contributed by atoms with Gasteiger partial charge in [-0.25, -0.2) is 14.5 Å². The summed E-state index contributed by atoms with van der Waals surface area (Å²) in [6, 6.07) is 12.8. The summed E-state index contributed by atoms with van der Waals surface area (Å²) in [4.78, 5) is 26.7. The lowest BCUT2D eigenvalue weighted by atomic mass is 10.3. The van der Waals surface area contributed by atoms with E-state index in [0.717, 1.165) is 6.54 Å². The van der Waals surface area contributed by atoms with Crippen LogP contribution in [0.15, 0.2) is 65.8 Å². The summed E-state index contributed by atoms with van der Waals surface area (Å²) in [7, 11) is 0. The van der Waals surface area contributed by atoms with E-state index in [2.05, 4.69) is 39.4 Å². The maximum atomic E-state index is 13.4. The summed E-state index contributed by atoms with van der Waals surface area (Å²) in [6.45, 7) is 5.38. The minimum Gasteiger partial charge on any atom is -0.491 e. The summed E-state index contributed by atoms with van der Waals surface area (Å²) >= 11 is 12.8. The van der Waals surface area contributed by atoms with Gasteiger partial charge < -0.3 is 15.4 Å². The third kappa shape index (κ3) is 4.73. The number of nitrogens with one attached hydrogen (secondary N) is 2. The summed E-state index contributed by atoms with van der Waals surface area (Å²) in [5.41, 5.74) is 1.30. The van der Waals surface area contributed by atoms with E-state index in [-0.39, 0.29) is 5.56 Å². The van der Waals surface area contributed by atoms with Gasteiger partial charge in [-0.05, 0) is 30.3 Å². The smallest absolute Gasteiger partial charge is 0.270 e. The fourth-order valence-electron chi connectivity index (χ4n) is 3.79. The standard InChI is InChI=1S/C25H23Cl2N7O2/c1-15(2)28-10-12-36-21-8-7-16(13-19(21)27)31-24-30-14-17-22(32-24)33-11-9-29-25(33)34(23(17)35)20-6-4-3-5-18(20)26/h3-9,11,13-15,28H,10,12H2,1-2H3,(H,30,31,32). The van der Waals surface area contributed by atoms with Gasteiger partial charge in [0.1, 0.15) is 17.7 Å². The largest absolute Gasteiger partial charge is 0.491 e. The molecule has 9 nitrogen and oxygen atoms in total. The highest BCUT2D eigenvalue weighted by Gasteiger charge is 2.17. The first-order valence-corrected chi connectivity index (χ1v) is 12.1. The molecule has 5 rings (SSSR count). The number of rotatable bonds is 8. The van der Waals surface area contributed by atoms with E-state index >= 15 is 0 Å². The topological polar surface area (TPSA) is 98.4 Å². The first-order valence-electron chi connectivity index (χ1n) is 11.3. The van der Waals surface area contributed by atoms with Gasteiger partial charge in [0, 0.05) is 36.9 Å². The fraction of sp³-hybridized carbons (Fsp3) is 0.200. The molecule has 0 saturated heterocycles. The third-order valence-electron chi connectivity index (χ3n) is 5.45. The van der Waals surface area contributed by atoms with E-state index in [1.807, 2.05) is 12.1 Å². The van der Waals surface area contributed by atoms with E-state index < -0.39 is 0 Å². The number of hydrogen-bond donors (Lipinski definition) is 2. The Hall–Kier alpha value is -3.66. The molecule has 11 heteroatoms. The van der Waals surface area contributed by atoms with Crippen LogP contribution in [-0.4, -0.2) is 43.1 Å². The van der Waals surface area contributed by atoms with E-state index in [1.54, 1.807) is 47.1 Å². The van der Waals surface area contributed by atoms with Crippen LogP contribution in [0.5, 0.6) is 5.75 Å². The number of ether oxygens (including phenoxy) is 1. The van der Waals surface area contributed by atoms with Crippen molar-refractivity contribution in [3.05, 3.63) is 81.5 Å². The van der Waals surface area contributed by atoms with Crippen LogP contribution in [0.3, 0.4) is 0 Å². The van der Waals surface area contributed by atoms with Gasteiger partial charge in [-0.15, -0.1) is 0 Å². The Morgan fingerprint density at radius 3 is 2.69 bits per heavy atom. The minimum absolute atomic E-state index is 0.304. The average Bonchev–Trinajstić information content (AvgIpc) is 3.34. The minimum atomic E-state index is -0.320. The number of aromatic nitrogens is 5. The van der Waals surface area contributed by atoms with Crippen molar-refractivity contribution in [2.24, 2.45) is 0 Å². The first-order chi connectivity index (χ1) is 17.4. The maximum Gasteiger partial charge on any atom is 0.270 e. The molecular formula is C25H23Cl2N7O2. The van der Waals surface area contributed by atoms with E-state index in [0.29, 0.717) is 62.6 Å². The number of nitrogens with zero attached hydrogens (tertiary/aromatic N) is 5. The van der Waals surface area contributed by atoms with Gasteiger partial charge in [-0.2, -0.15) is 4.98 Å². The molecule has 0 amide bonds. The highest BCUT2D eigenvalue weighted by Crippen LogP contribution is 2.29. The second-order valence-corrected chi connectivity index (χ2v) is 9.16. The zero-order valence-electron chi connectivity index (χ0n) is 19.6. The van der Waals surface area contributed by atoms with Crippen molar-refractivity contribution in [1.29, 1.82) is 0 Å². The first kappa shape index (κ1) is 24.1. The van der Waals surface area contributed by atoms with Crippen molar-refractivity contribution >= 4 is 51.6 Å². The number of hydrogen-bond acceptors (Lipinski definition) is 7. The molecule has 3 aromatic heterocycles. The molecule has 0 fully saturated rings. The zero-order chi connectivity index (χ0) is 25.2. The molecule has 0 saturated carbocycles. The molecule has 0 unspecified atom stereocenters. The van der Waals surface area contributed by atoms with Crippen LogP contribution in [-0.2, 0) is 0 Å². The van der Waals surface area contributed by atoms with Gasteiger partial charge in [0.25, 0.3) is 5.56 Å². The number of imidazole rings is 1. The molecule has 0 atom stereocenters. The Labute approximate surface area is 216 Å². The summed E-state index contributed by atoms with van der Waals surface area (Å²) in [6.07, 6.45) is 4.82. The van der Waals surface area contributed by atoms with E-state index in [9.17, 15) is 4.79 Å². The van der Waals surface area contributed by atoms with Gasteiger partial charge in [-0.3, -0.25) is 9.20 Å². The predicted octanol–water partition coefficient (Wildman–Crippen LogP) is 4.86. The molecule has 0 aliphatic carbocycles. The lowest BCUT2D eigenvalue weighted by Gasteiger charge is -2.13. The Balaban J connectivity index is 1.46. The van der Waals surface area contributed by atoms with Crippen LogP contribution in [0.4, 0.5) is 11.6 Å². The van der Waals surface area contributed by atoms with Crippen LogP contribution < -0.4 is 20.9 Å². The van der Waals surface area contributed by atoms with Crippen molar-refractivity contribution in [2.75, 3.05) is 18.5 Å². The lowest BCUT2D eigenvalue weighted by molar-refractivity contribution is 0.309. The maximum absolute atomic E-state index is 13.4. The summed E-state index contributed by atoms with van der Waals surface area (Å²) < 4.78 is 8.93. The fourth-order valence-corrected chi connectivity index (χ4v) is 4.24. The average molecular weight is 524 g/mol. The van der Waals surface area contributed by atoms with E-state index in [4.69, 9.17) is 27.9 Å². The lowest BCUT2D eigenvalue weighted by Crippen LogP contribution is -2.27. The number of halogens is 2. The molecular weight excluding hydrogens is 501 g/mol. The number of anilines is 2. The van der Waals surface area contributed by atoms with Crippen LogP contribution in [0, 0.1) is 0 Å². The van der Waals surface area contributed by atoms with Crippen molar-refractivity contribution in [2.45, 2.75) is 19.9 Å². The number of fused-ring (bicyclic) bond motifs is 3. The van der Waals surface area contributed by atoms with Crippen LogP contribution in [0.1, 0.15) is 13.8 Å². The Bertz CT molecular complexity index is 1610. The van der Waals surface area contributed by atoms with Crippen LogP contribution in [0.25, 0.3) is 22.5 Å². The molecule has 2 aromatic carbocycles. The number of para-hydroxylation sites is 1. The summed E-state index contributed by atoms with van der Waals surface area (Å²) in [5, 5.41) is 7.65. The zero-order valence-corrected chi connectivity index (χ0v) is 21.1. The molecule has 0 aliphatic heterocycles. The third-order valence-corrected chi connectivity index (χ3v) is 6.06. The highest BCUT2D eigenvalue weighted by atomic mass is 35.5. The molecule has 0 radical (unpaired) electrons. The van der Waals surface area contributed by atoms with Gasteiger partial charge in [-0.1, -0.05) is 49.2 Å². The van der Waals surface area contributed by atoms with Gasteiger partial charge >= 0.3 is 0 Å². The van der Waals surface area contributed by atoms with Crippen molar-refractivity contribution < 1.29 is 4.74 Å². The van der Waals surface area contributed by atoms with Crippen molar-refractivity contribution in [3.8, 4) is 11.4 Å². The quantitative estimate of drug-likeness (QED) is 0.280. The second-order valence-electron chi connectivity index (χ2n) is 8.35. The van der Waals surface area contributed by atoms with Gasteiger partial charge in [0.15, 0.2) is 5.65 Å². The molecule has 184 valence electrons. The second kappa shape index (κ2) is 10.1. The molecule has 36 heavy (non-hydrogen) atoms.